The van der Waals surface area contributed by atoms with Crippen molar-refractivity contribution in [3.05, 3.63) is 61.0 Å². The highest BCUT2D eigenvalue weighted by Gasteiger charge is 2.57. The molecule has 186 valence electrons. The number of allylic oxidation sites excluding steroid dienone is 3. The molecule has 3 aromatic rings. The lowest BCUT2D eigenvalue weighted by Crippen LogP contribution is -2.50. The van der Waals surface area contributed by atoms with E-state index in [4.69, 9.17) is 9.72 Å². The summed E-state index contributed by atoms with van der Waals surface area (Å²) in [5.41, 5.74) is 5.61. The first-order chi connectivity index (χ1) is 17.5. The second-order valence-corrected chi connectivity index (χ2v) is 11.7. The fraction of sp³-hybridized carbons (Fsp3) is 0.517. The van der Waals surface area contributed by atoms with Gasteiger partial charge in [-0.15, -0.1) is 5.10 Å². The summed E-state index contributed by atoms with van der Waals surface area (Å²) < 4.78 is 9.34. The largest absolute Gasteiger partial charge is 0.444 e. The highest BCUT2D eigenvalue weighted by molar-refractivity contribution is 5.80. The molecule has 0 bridgehead atoms. The van der Waals surface area contributed by atoms with Crippen molar-refractivity contribution in [2.24, 2.45) is 28.6 Å². The Kier molecular flexibility index (Phi) is 4.82. The molecule has 0 amide bonds. The van der Waals surface area contributed by atoms with Crippen molar-refractivity contribution < 1.29 is 9.53 Å². The lowest BCUT2D eigenvalue weighted by Gasteiger charge is -2.57. The Labute approximate surface area is 211 Å². The van der Waals surface area contributed by atoms with Crippen LogP contribution in [0.15, 0.2) is 61.0 Å². The molecule has 7 rings (SSSR count). The van der Waals surface area contributed by atoms with Gasteiger partial charge in [0.25, 0.3) is 0 Å². The van der Waals surface area contributed by atoms with Gasteiger partial charge in [0, 0.05) is 17.5 Å². The third-order valence-electron chi connectivity index (χ3n) is 10.2. The van der Waals surface area contributed by atoms with Gasteiger partial charge in [-0.25, -0.2) is 14.8 Å². The Balaban J connectivity index is 1.13. The molecule has 4 aliphatic rings. The van der Waals surface area contributed by atoms with Crippen molar-refractivity contribution in [3.63, 3.8) is 0 Å². The average molecular weight is 484 g/mol. The maximum atomic E-state index is 12.4. The number of carbonyl (C=O) groups excluding carboxylic acids is 1. The first kappa shape index (κ1) is 22.0. The van der Waals surface area contributed by atoms with Crippen LogP contribution in [0.1, 0.15) is 58.8 Å². The number of carbonyl (C=O) groups is 1. The number of rotatable bonds is 2. The molecular formula is C29H33N5O2. The summed E-state index contributed by atoms with van der Waals surface area (Å²) in [7, 11) is 0. The van der Waals surface area contributed by atoms with Crippen LogP contribution in [0.25, 0.3) is 16.7 Å². The number of aromatic nitrogens is 5. The Hall–Kier alpha value is -3.22. The number of ether oxygens (including phenoxy) is 1. The Morgan fingerprint density at radius 2 is 1.89 bits per heavy atom. The quantitative estimate of drug-likeness (QED) is 0.412. The van der Waals surface area contributed by atoms with E-state index in [1.807, 2.05) is 6.33 Å². The second-order valence-electron chi connectivity index (χ2n) is 11.7. The van der Waals surface area contributed by atoms with Gasteiger partial charge in [-0.2, -0.15) is 4.68 Å². The van der Waals surface area contributed by atoms with Gasteiger partial charge in [0.2, 0.25) is 0 Å². The third-order valence-corrected chi connectivity index (χ3v) is 10.2. The zero-order valence-electron chi connectivity index (χ0n) is 21.0. The van der Waals surface area contributed by atoms with E-state index >= 15 is 0 Å². The van der Waals surface area contributed by atoms with Gasteiger partial charge in [-0.1, -0.05) is 43.7 Å². The Bertz CT molecular complexity index is 1390. The minimum Gasteiger partial charge on any atom is -0.444 e. The van der Waals surface area contributed by atoms with E-state index in [2.05, 4.69) is 64.9 Å². The summed E-state index contributed by atoms with van der Waals surface area (Å²) in [6.07, 6.45) is 16.8. The van der Waals surface area contributed by atoms with Crippen LogP contribution in [-0.2, 0) is 4.74 Å². The van der Waals surface area contributed by atoms with Gasteiger partial charge in [0.15, 0.2) is 0 Å². The molecule has 0 spiro atoms. The van der Waals surface area contributed by atoms with E-state index in [1.54, 1.807) is 0 Å². The van der Waals surface area contributed by atoms with Crippen molar-refractivity contribution in [1.29, 1.82) is 0 Å². The lowest BCUT2D eigenvalue weighted by atomic mass is 9.48. The van der Waals surface area contributed by atoms with E-state index in [1.165, 1.54) is 47.0 Å². The molecule has 2 aromatic heterocycles. The number of nitrogens with zero attached hydrogens (tertiary/aromatic N) is 5. The van der Waals surface area contributed by atoms with E-state index in [0.29, 0.717) is 17.8 Å². The molecule has 36 heavy (non-hydrogen) atoms. The lowest BCUT2D eigenvalue weighted by molar-refractivity contribution is -0.0273. The number of benzene rings is 1. The van der Waals surface area contributed by atoms with Crippen LogP contribution in [0.3, 0.4) is 0 Å². The average Bonchev–Trinajstić information content (AvgIpc) is 3.62. The summed E-state index contributed by atoms with van der Waals surface area (Å²) in [5, 5.41) is 3.91. The molecule has 2 heterocycles. The molecular weight excluding hydrogens is 450 g/mol. The molecule has 4 aliphatic carbocycles. The maximum Gasteiger partial charge on any atom is 0.436 e. The summed E-state index contributed by atoms with van der Waals surface area (Å²) in [5.74, 6) is 2.04. The van der Waals surface area contributed by atoms with Gasteiger partial charge in [0.05, 0.1) is 11.0 Å². The molecule has 0 aliphatic heterocycles. The molecule has 0 radical (unpaired) electrons. The molecule has 0 saturated heterocycles. The molecule has 0 N–H and O–H groups in total. The summed E-state index contributed by atoms with van der Waals surface area (Å²) >= 11 is 0. The SMILES string of the molecule is C[C@]12CC[C@H](OC(=O)n3cncn3)CC1=CC[C@@H]1[C@@H]2CC[C@]2(C)C(n3cnc4ccccc43)=CC[C@@H]12. The maximum absolute atomic E-state index is 12.4. The van der Waals surface area contributed by atoms with Crippen molar-refractivity contribution in [1.82, 2.24) is 24.3 Å². The van der Waals surface area contributed by atoms with Crippen LogP contribution >= 0.6 is 0 Å². The van der Waals surface area contributed by atoms with Crippen LogP contribution in [0.5, 0.6) is 0 Å². The monoisotopic (exact) mass is 483 g/mol. The summed E-state index contributed by atoms with van der Waals surface area (Å²) in [4.78, 5) is 21.0. The predicted octanol–water partition coefficient (Wildman–Crippen LogP) is 6.09. The molecule has 7 heteroatoms. The molecule has 7 nitrogen and oxygen atoms in total. The number of imidazole rings is 1. The van der Waals surface area contributed by atoms with E-state index in [9.17, 15) is 4.79 Å². The standard InChI is InChI=1S/C29H33N5O2/c1-28-13-11-20(36-27(35)34-17-30-16-32-34)15-19(28)7-8-21-22-9-10-26(29(22,2)14-12-23(21)28)33-18-31-24-5-3-4-6-25(24)33/h3-7,10,16-18,20-23H,8-9,11-15H2,1-2H3/t20-,21-,22-,23-,28-,29-/m0/s1. The smallest absolute Gasteiger partial charge is 0.436 e. The van der Waals surface area contributed by atoms with Crippen LogP contribution in [0, 0.1) is 28.6 Å². The number of hydrogen-bond donors (Lipinski definition) is 0. The van der Waals surface area contributed by atoms with Gasteiger partial charge in [-0.3, -0.25) is 0 Å². The topological polar surface area (TPSA) is 74.8 Å². The summed E-state index contributed by atoms with van der Waals surface area (Å²) in [6.45, 7) is 4.99. The van der Waals surface area contributed by atoms with Crippen molar-refractivity contribution in [2.45, 2.75) is 64.9 Å². The summed E-state index contributed by atoms with van der Waals surface area (Å²) in [6, 6.07) is 8.47. The van der Waals surface area contributed by atoms with E-state index < -0.39 is 6.09 Å². The predicted molar refractivity (Wildman–Crippen MR) is 137 cm³/mol. The number of fused-ring (bicyclic) bond motifs is 6. The molecule has 0 unspecified atom stereocenters. The van der Waals surface area contributed by atoms with Gasteiger partial charge in [0.1, 0.15) is 25.1 Å². The van der Waals surface area contributed by atoms with Crippen molar-refractivity contribution in [3.8, 4) is 0 Å². The van der Waals surface area contributed by atoms with E-state index in [-0.39, 0.29) is 16.9 Å². The molecule has 2 saturated carbocycles. The van der Waals surface area contributed by atoms with Crippen molar-refractivity contribution >= 4 is 22.8 Å². The zero-order valence-corrected chi connectivity index (χ0v) is 21.0. The van der Waals surface area contributed by atoms with Gasteiger partial charge < -0.3 is 9.30 Å². The molecule has 6 atom stereocenters. The number of para-hydroxylation sites is 2. The molecule has 2 fully saturated rings. The van der Waals surface area contributed by atoms with Crippen LogP contribution in [0.2, 0.25) is 0 Å². The van der Waals surface area contributed by atoms with Gasteiger partial charge in [-0.05, 0) is 73.8 Å². The first-order valence-electron chi connectivity index (χ1n) is 13.4. The van der Waals surface area contributed by atoms with Crippen LogP contribution < -0.4 is 0 Å². The normalized spacial score (nSPS) is 35.4. The zero-order chi connectivity index (χ0) is 24.5. The number of hydrogen-bond acceptors (Lipinski definition) is 5. The second kappa shape index (κ2) is 7.89. The van der Waals surface area contributed by atoms with Crippen LogP contribution in [-0.4, -0.2) is 36.5 Å². The highest BCUT2D eigenvalue weighted by Crippen LogP contribution is 2.65. The Morgan fingerprint density at radius 1 is 1.03 bits per heavy atom. The van der Waals surface area contributed by atoms with Gasteiger partial charge >= 0.3 is 6.09 Å². The fourth-order valence-electron chi connectivity index (χ4n) is 8.30. The minimum atomic E-state index is -0.430. The van der Waals surface area contributed by atoms with Crippen LogP contribution in [0.4, 0.5) is 4.79 Å². The highest BCUT2D eigenvalue weighted by atomic mass is 16.6. The van der Waals surface area contributed by atoms with Crippen molar-refractivity contribution in [2.75, 3.05) is 0 Å². The Morgan fingerprint density at radius 3 is 2.75 bits per heavy atom. The molecule has 1 aromatic carbocycles. The third kappa shape index (κ3) is 3.10. The minimum absolute atomic E-state index is 0.0827. The fourth-order valence-corrected chi connectivity index (χ4v) is 8.30. The van der Waals surface area contributed by atoms with E-state index in [0.717, 1.165) is 37.6 Å². The first-order valence-corrected chi connectivity index (χ1v) is 13.4.